The molecule has 2 aliphatic rings. The van der Waals surface area contributed by atoms with Gasteiger partial charge in [0, 0.05) is 11.8 Å². The highest BCUT2D eigenvalue weighted by Gasteiger charge is 2.37. The maximum atomic E-state index is 14.0. The van der Waals surface area contributed by atoms with Crippen molar-refractivity contribution in [2.24, 2.45) is 11.3 Å². The van der Waals surface area contributed by atoms with Gasteiger partial charge in [-0.2, -0.15) is 4.98 Å². The van der Waals surface area contributed by atoms with Gasteiger partial charge >= 0.3 is 6.03 Å². The first-order valence-electron chi connectivity index (χ1n) is 14.3. The Kier molecular flexibility index (Phi) is 8.49. The van der Waals surface area contributed by atoms with Gasteiger partial charge in [-0.05, 0) is 67.8 Å². The topological polar surface area (TPSA) is 61.8 Å². The van der Waals surface area contributed by atoms with Gasteiger partial charge in [-0.3, -0.25) is 9.80 Å². The van der Waals surface area contributed by atoms with Crippen LogP contribution in [-0.2, 0) is 17.6 Å². The zero-order valence-electron chi connectivity index (χ0n) is 24.2. The van der Waals surface area contributed by atoms with Crippen molar-refractivity contribution in [3.63, 3.8) is 0 Å². The second-order valence-electron chi connectivity index (χ2n) is 12.3. The lowest BCUT2D eigenvalue weighted by Crippen LogP contribution is -2.48. The molecule has 7 nitrogen and oxygen atoms in total. The number of hydroxylamine groups is 1. The van der Waals surface area contributed by atoms with E-state index in [-0.39, 0.29) is 12.1 Å². The average molecular weight is 578 g/mol. The summed E-state index contributed by atoms with van der Waals surface area (Å²) in [6.07, 6.45) is 6.24. The molecular formula is C31H40ClN5O2Si. The quantitative estimate of drug-likeness (QED) is 0.214. The Balaban J connectivity index is 1.50. The maximum absolute atomic E-state index is 14.0. The molecule has 0 atom stereocenters. The van der Waals surface area contributed by atoms with Crippen LogP contribution < -0.4 is 14.9 Å². The van der Waals surface area contributed by atoms with Crippen LogP contribution in [-0.4, -0.2) is 31.1 Å². The summed E-state index contributed by atoms with van der Waals surface area (Å²) >= 11 is 6.53. The van der Waals surface area contributed by atoms with Gasteiger partial charge in [-0.25, -0.2) is 14.8 Å². The minimum absolute atomic E-state index is 0.162. The van der Waals surface area contributed by atoms with Crippen LogP contribution in [0.1, 0.15) is 57.6 Å². The molecule has 1 fully saturated rings. The van der Waals surface area contributed by atoms with Gasteiger partial charge in [0.25, 0.3) is 5.95 Å². The molecule has 5 rings (SSSR count). The number of amides is 2. The molecular weight excluding hydrogens is 538 g/mol. The van der Waals surface area contributed by atoms with Gasteiger partial charge in [-0.15, -0.1) is 0 Å². The number of fused-ring (bicyclic) bond motifs is 1. The van der Waals surface area contributed by atoms with Gasteiger partial charge in [0.1, 0.15) is 5.82 Å². The highest BCUT2D eigenvalue weighted by atomic mass is 35.5. The molecule has 2 heterocycles. The van der Waals surface area contributed by atoms with Crippen molar-refractivity contribution < 1.29 is 9.32 Å². The first-order chi connectivity index (χ1) is 19.1. The monoisotopic (exact) mass is 577 g/mol. The highest BCUT2D eigenvalue weighted by Crippen LogP contribution is 2.40. The third-order valence-electron chi connectivity index (χ3n) is 7.98. The Hall–Kier alpha value is -2.94. The van der Waals surface area contributed by atoms with Crippen LogP contribution in [0.3, 0.4) is 0 Å². The lowest BCUT2D eigenvalue weighted by Gasteiger charge is -2.41. The number of hydrogen-bond acceptors (Lipinski definition) is 5. The van der Waals surface area contributed by atoms with Crippen LogP contribution in [0.5, 0.6) is 0 Å². The van der Waals surface area contributed by atoms with Crippen molar-refractivity contribution in [1.29, 1.82) is 0 Å². The number of hydrogen-bond donors (Lipinski definition) is 0. The largest absolute Gasteiger partial charge is 0.330 e. The van der Waals surface area contributed by atoms with Crippen molar-refractivity contribution in [3.05, 3.63) is 76.9 Å². The molecule has 0 saturated heterocycles. The molecule has 3 aromatic rings. The number of aromatic nitrogens is 2. The smallest absolute Gasteiger partial charge is 0.321 e. The standard InChI is InChI=1S/C31H40ClN5O2Si/c1-31(2,3)24-15-17-25(18-16-24)37(39-40(4)5)29-33-19-23-21-35(27-14-10-9-13-26(27)32)30(38)36(28(23)34-29)20-22-11-7-6-8-12-22/h6-14,19,24-25,40H,15-18,20-21H2,1-5H3/t24-,25-. The number of para-hydroxylation sites is 1. The van der Waals surface area contributed by atoms with Crippen LogP contribution in [0.25, 0.3) is 0 Å². The molecule has 0 unspecified atom stereocenters. The van der Waals surface area contributed by atoms with Crippen LogP contribution in [0.4, 0.5) is 22.2 Å². The summed E-state index contributed by atoms with van der Waals surface area (Å²) in [7, 11) is -1.45. The fourth-order valence-corrected chi connectivity index (χ4v) is 6.74. The van der Waals surface area contributed by atoms with Crippen LogP contribution in [0.15, 0.2) is 60.8 Å². The van der Waals surface area contributed by atoms with E-state index in [0.29, 0.717) is 46.9 Å². The number of rotatable bonds is 7. The van der Waals surface area contributed by atoms with E-state index >= 15 is 0 Å². The summed E-state index contributed by atoms with van der Waals surface area (Å²) in [5.41, 5.74) is 2.87. The predicted molar refractivity (Wildman–Crippen MR) is 165 cm³/mol. The molecule has 0 spiro atoms. The Labute approximate surface area is 244 Å². The van der Waals surface area contributed by atoms with E-state index in [2.05, 4.69) is 33.9 Å². The minimum Gasteiger partial charge on any atom is -0.321 e. The van der Waals surface area contributed by atoms with E-state index < -0.39 is 9.04 Å². The average Bonchev–Trinajstić information content (AvgIpc) is 2.93. The third-order valence-corrected chi connectivity index (χ3v) is 8.94. The van der Waals surface area contributed by atoms with Crippen molar-refractivity contribution in [3.8, 4) is 0 Å². The molecule has 40 heavy (non-hydrogen) atoms. The second-order valence-corrected chi connectivity index (χ2v) is 15.0. The Morgan fingerprint density at radius 2 is 1.70 bits per heavy atom. The van der Waals surface area contributed by atoms with E-state index in [9.17, 15) is 4.79 Å². The fraction of sp³-hybridized carbons (Fsp3) is 0.452. The summed E-state index contributed by atoms with van der Waals surface area (Å²) in [5, 5.41) is 2.51. The predicted octanol–water partition coefficient (Wildman–Crippen LogP) is 7.60. The third kappa shape index (κ3) is 6.19. The number of halogens is 1. The molecule has 2 amide bonds. The SMILES string of the molecule is C[SiH](C)ON(c1ncc2c(n1)N(Cc1ccccc1)C(=O)N(c1ccccc1Cl)C2)[C@H]1CC[C@H](C(C)(C)C)CC1. The van der Waals surface area contributed by atoms with Crippen molar-refractivity contribution in [2.45, 2.75) is 78.7 Å². The first-order valence-corrected chi connectivity index (χ1v) is 17.5. The Morgan fingerprint density at radius 1 is 1.02 bits per heavy atom. The van der Waals surface area contributed by atoms with Gasteiger partial charge in [-0.1, -0.05) is 74.8 Å². The van der Waals surface area contributed by atoms with Crippen molar-refractivity contribution in [1.82, 2.24) is 9.97 Å². The Bertz CT molecular complexity index is 1320. The summed E-state index contributed by atoms with van der Waals surface area (Å²) in [4.78, 5) is 27.3. The lowest BCUT2D eigenvalue weighted by atomic mass is 9.71. The molecule has 0 bridgehead atoms. The van der Waals surface area contributed by atoms with E-state index in [1.807, 2.05) is 59.8 Å². The van der Waals surface area contributed by atoms with E-state index in [0.717, 1.165) is 36.8 Å². The van der Waals surface area contributed by atoms with Crippen molar-refractivity contribution in [2.75, 3.05) is 14.9 Å². The second kappa shape index (κ2) is 11.9. The molecule has 1 saturated carbocycles. The summed E-state index contributed by atoms with van der Waals surface area (Å²) in [6.45, 7) is 12.1. The molecule has 212 valence electrons. The first kappa shape index (κ1) is 28.6. The number of urea groups is 1. The molecule has 0 radical (unpaired) electrons. The van der Waals surface area contributed by atoms with Crippen LogP contribution in [0, 0.1) is 11.3 Å². The summed E-state index contributed by atoms with van der Waals surface area (Å²) < 4.78 is 6.49. The van der Waals surface area contributed by atoms with Crippen molar-refractivity contribution >= 4 is 44.1 Å². The summed E-state index contributed by atoms with van der Waals surface area (Å²) in [5.74, 6) is 1.86. The lowest BCUT2D eigenvalue weighted by molar-refractivity contribution is 0.133. The van der Waals surface area contributed by atoms with Gasteiger partial charge in [0.2, 0.25) is 9.04 Å². The Morgan fingerprint density at radius 3 is 2.35 bits per heavy atom. The molecule has 2 aromatic carbocycles. The van der Waals surface area contributed by atoms with Gasteiger partial charge < -0.3 is 4.53 Å². The van der Waals surface area contributed by atoms with Crippen LogP contribution in [0.2, 0.25) is 18.1 Å². The van der Waals surface area contributed by atoms with Crippen LogP contribution >= 0.6 is 11.6 Å². The molecule has 9 heteroatoms. The van der Waals surface area contributed by atoms with Gasteiger partial charge in [0.15, 0.2) is 0 Å². The number of benzene rings is 2. The zero-order chi connectivity index (χ0) is 28.4. The van der Waals surface area contributed by atoms with E-state index in [4.69, 9.17) is 26.1 Å². The normalized spacial score (nSPS) is 19.6. The molecule has 0 N–H and O–H groups in total. The molecule has 1 aromatic heterocycles. The minimum atomic E-state index is -1.45. The molecule has 1 aliphatic carbocycles. The van der Waals surface area contributed by atoms with Gasteiger partial charge in [0.05, 0.1) is 29.8 Å². The number of anilines is 3. The number of carbonyl (C=O) groups excluding carboxylic acids is 1. The number of carbonyl (C=O) groups is 1. The number of nitrogens with zero attached hydrogens (tertiary/aromatic N) is 5. The fourth-order valence-electron chi connectivity index (χ4n) is 5.78. The highest BCUT2D eigenvalue weighted by molar-refractivity contribution is 6.48. The molecule has 1 aliphatic heterocycles. The van der Waals surface area contributed by atoms with E-state index in [1.165, 1.54) is 0 Å². The maximum Gasteiger partial charge on any atom is 0.330 e. The van der Waals surface area contributed by atoms with E-state index in [1.54, 1.807) is 15.9 Å². The zero-order valence-corrected chi connectivity index (χ0v) is 26.1. The summed E-state index contributed by atoms with van der Waals surface area (Å²) in [6, 6.07) is 17.5.